The first-order valence-corrected chi connectivity index (χ1v) is 11.1. The van der Waals surface area contributed by atoms with Crippen LogP contribution in [0.5, 0.6) is 5.75 Å². The van der Waals surface area contributed by atoms with Crippen molar-refractivity contribution < 1.29 is 13.2 Å². The van der Waals surface area contributed by atoms with Gasteiger partial charge in [0.2, 0.25) is 0 Å². The van der Waals surface area contributed by atoms with E-state index in [9.17, 15) is 8.42 Å². The number of para-hydroxylation sites is 1. The van der Waals surface area contributed by atoms with Crippen LogP contribution in [0, 0.1) is 6.92 Å². The van der Waals surface area contributed by atoms with E-state index < -0.39 is 10.0 Å². The van der Waals surface area contributed by atoms with Gasteiger partial charge >= 0.3 is 0 Å². The first-order valence-electron chi connectivity index (χ1n) is 8.77. The molecule has 148 valence electrons. The maximum Gasteiger partial charge on any atom is 0.263 e. The van der Waals surface area contributed by atoms with Gasteiger partial charge in [0, 0.05) is 17.5 Å². The molecule has 0 aliphatic rings. The molecule has 0 fully saturated rings. The van der Waals surface area contributed by atoms with Gasteiger partial charge in [-0.05, 0) is 45.3 Å². The van der Waals surface area contributed by atoms with E-state index in [-0.39, 0.29) is 4.90 Å². The zero-order valence-electron chi connectivity index (χ0n) is 16.0. The Morgan fingerprint density at radius 2 is 1.82 bits per heavy atom. The smallest absolute Gasteiger partial charge is 0.263 e. The summed E-state index contributed by atoms with van der Waals surface area (Å²) in [5.41, 5.74) is 2.51. The van der Waals surface area contributed by atoms with Gasteiger partial charge in [0.25, 0.3) is 10.0 Å². The topological polar surface area (TPSA) is 71.5 Å². The molecule has 0 aliphatic carbocycles. The van der Waals surface area contributed by atoms with Gasteiger partial charge in [0.05, 0.1) is 10.6 Å². The molecule has 6 nitrogen and oxygen atoms in total. The van der Waals surface area contributed by atoms with Gasteiger partial charge in [0.15, 0.2) is 5.13 Å². The second-order valence-electron chi connectivity index (χ2n) is 6.60. The van der Waals surface area contributed by atoms with E-state index in [0.717, 1.165) is 23.4 Å². The molecule has 2 aromatic carbocycles. The lowest BCUT2D eigenvalue weighted by molar-refractivity contribution is 0.262. The summed E-state index contributed by atoms with van der Waals surface area (Å²) >= 11 is 1.24. The van der Waals surface area contributed by atoms with Crippen molar-refractivity contribution in [1.29, 1.82) is 0 Å². The standard InChI is InChI=1S/C20H23N3O3S2/c1-15-8-10-16(11-9-15)28(24,25)22-20-21-18(14-27-20)17-6-4-5-7-19(17)26-13-12-23(2)3/h4-11,14H,12-13H2,1-3H3,(H,21,22). The number of benzene rings is 2. The Hall–Kier alpha value is -2.42. The average Bonchev–Trinajstić information content (AvgIpc) is 3.10. The fourth-order valence-electron chi connectivity index (χ4n) is 2.48. The van der Waals surface area contributed by atoms with Gasteiger partial charge in [-0.1, -0.05) is 29.8 Å². The third-order valence-electron chi connectivity index (χ3n) is 4.02. The SMILES string of the molecule is Cc1ccc(S(=O)(=O)Nc2nc(-c3ccccc3OCCN(C)C)cs2)cc1. The van der Waals surface area contributed by atoms with Crippen molar-refractivity contribution in [1.82, 2.24) is 9.88 Å². The Morgan fingerprint density at radius 1 is 1.11 bits per heavy atom. The van der Waals surface area contributed by atoms with Crippen molar-refractivity contribution in [3.05, 3.63) is 59.5 Å². The van der Waals surface area contributed by atoms with Crippen molar-refractivity contribution in [3.8, 4) is 17.0 Å². The first-order chi connectivity index (χ1) is 13.3. The van der Waals surface area contributed by atoms with Crippen LogP contribution >= 0.6 is 11.3 Å². The van der Waals surface area contributed by atoms with Crippen LogP contribution in [0.2, 0.25) is 0 Å². The molecular weight excluding hydrogens is 394 g/mol. The number of anilines is 1. The summed E-state index contributed by atoms with van der Waals surface area (Å²) in [7, 11) is 0.305. The second kappa shape index (κ2) is 8.72. The van der Waals surface area contributed by atoms with Gasteiger partial charge in [-0.2, -0.15) is 0 Å². The number of hydrogen-bond donors (Lipinski definition) is 1. The molecule has 3 rings (SSSR count). The maximum atomic E-state index is 12.6. The molecule has 0 aliphatic heterocycles. The lowest BCUT2D eigenvalue weighted by Crippen LogP contribution is -2.19. The Bertz CT molecular complexity index is 1030. The predicted octanol–water partition coefficient (Wildman–Crippen LogP) is 3.86. The van der Waals surface area contributed by atoms with E-state index in [1.54, 1.807) is 24.3 Å². The highest BCUT2D eigenvalue weighted by Crippen LogP contribution is 2.32. The highest BCUT2D eigenvalue weighted by atomic mass is 32.2. The summed E-state index contributed by atoms with van der Waals surface area (Å²) in [6.07, 6.45) is 0. The zero-order chi connectivity index (χ0) is 20.1. The fraction of sp³-hybridized carbons (Fsp3) is 0.250. The molecule has 0 unspecified atom stereocenters. The van der Waals surface area contributed by atoms with Crippen LogP contribution in [0.3, 0.4) is 0 Å². The van der Waals surface area contributed by atoms with Crippen molar-refractivity contribution in [2.24, 2.45) is 0 Å². The molecule has 0 saturated carbocycles. The van der Waals surface area contributed by atoms with Crippen molar-refractivity contribution in [2.45, 2.75) is 11.8 Å². The molecule has 1 aromatic heterocycles. The van der Waals surface area contributed by atoms with Gasteiger partial charge in [-0.15, -0.1) is 11.3 Å². The van der Waals surface area contributed by atoms with E-state index in [2.05, 4.69) is 9.71 Å². The van der Waals surface area contributed by atoms with Crippen LogP contribution in [0.15, 0.2) is 58.8 Å². The third-order valence-corrected chi connectivity index (χ3v) is 6.26. The fourth-order valence-corrected chi connectivity index (χ4v) is 4.44. The molecule has 3 aromatic rings. The van der Waals surface area contributed by atoms with E-state index in [1.807, 2.05) is 55.6 Å². The summed E-state index contributed by atoms with van der Waals surface area (Å²) in [4.78, 5) is 6.71. The minimum Gasteiger partial charge on any atom is -0.492 e. The molecule has 28 heavy (non-hydrogen) atoms. The summed E-state index contributed by atoms with van der Waals surface area (Å²) in [5, 5.41) is 2.14. The zero-order valence-corrected chi connectivity index (χ0v) is 17.7. The van der Waals surface area contributed by atoms with Crippen LogP contribution in [-0.4, -0.2) is 45.5 Å². The summed E-state index contributed by atoms with van der Waals surface area (Å²) in [6, 6.07) is 14.3. The molecule has 1 heterocycles. The lowest BCUT2D eigenvalue weighted by atomic mass is 10.1. The number of thiazole rings is 1. The third kappa shape index (κ3) is 5.09. The molecule has 0 radical (unpaired) electrons. The van der Waals surface area contributed by atoms with Crippen LogP contribution in [0.4, 0.5) is 5.13 Å². The summed E-state index contributed by atoms with van der Waals surface area (Å²) in [5.74, 6) is 0.725. The minimum atomic E-state index is -3.67. The van der Waals surface area contributed by atoms with E-state index in [1.165, 1.54) is 11.3 Å². The van der Waals surface area contributed by atoms with Crippen LogP contribution in [0.1, 0.15) is 5.56 Å². The summed E-state index contributed by atoms with van der Waals surface area (Å²) in [6.45, 7) is 3.27. The van der Waals surface area contributed by atoms with Crippen molar-refractivity contribution in [2.75, 3.05) is 32.0 Å². The number of ether oxygens (including phenoxy) is 1. The van der Waals surface area contributed by atoms with E-state index >= 15 is 0 Å². The molecule has 0 spiro atoms. The number of aryl methyl sites for hydroxylation is 1. The Morgan fingerprint density at radius 3 is 2.54 bits per heavy atom. The van der Waals surface area contributed by atoms with E-state index in [0.29, 0.717) is 17.4 Å². The number of likely N-dealkylation sites (N-methyl/N-ethyl adjacent to an activating group) is 1. The Balaban J connectivity index is 1.78. The quantitative estimate of drug-likeness (QED) is 0.603. The predicted molar refractivity (Wildman–Crippen MR) is 114 cm³/mol. The number of nitrogens with one attached hydrogen (secondary N) is 1. The summed E-state index contributed by atoms with van der Waals surface area (Å²) < 4.78 is 33.5. The van der Waals surface area contributed by atoms with Gasteiger partial charge in [-0.25, -0.2) is 13.4 Å². The molecule has 0 atom stereocenters. The number of hydrogen-bond acceptors (Lipinski definition) is 6. The molecule has 0 amide bonds. The van der Waals surface area contributed by atoms with Gasteiger partial charge < -0.3 is 9.64 Å². The number of rotatable bonds is 8. The molecular formula is C20H23N3O3S2. The number of aromatic nitrogens is 1. The normalized spacial score (nSPS) is 11.6. The number of nitrogens with zero attached hydrogens (tertiary/aromatic N) is 2. The minimum absolute atomic E-state index is 0.210. The average molecular weight is 418 g/mol. The lowest BCUT2D eigenvalue weighted by Gasteiger charge is -2.13. The Labute approximate surface area is 169 Å². The van der Waals surface area contributed by atoms with Crippen molar-refractivity contribution in [3.63, 3.8) is 0 Å². The van der Waals surface area contributed by atoms with Gasteiger partial charge in [0.1, 0.15) is 12.4 Å². The maximum absolute atomic E-state index is 12.6. The number of sulfonamides is 1. The molecule has 0 bridgehead atoms. The molecule has 0 saturated heterocycles. The van der Waals surface area contributed by atoms with E-state index in [4.69, 9.17) is 4.74 Å². The Kier molecular flexibility index (Phi) is 6.33. The molecule has 1 N–H and O–H groups in total. The largest absolute Gasteiger partial charge is 0.492 e. The highest BCUT2D eigenvalue weighted by molar-refractivity contribution is 7.93. The van der Waals surface area contributed by atoms with Crippen LogP contribution in [0.25, 0.3) is 11.3 Å². The molecule has 8 heteroatoms. The van der Waals surface area contributed by atoms with Crippen molar-refractivity contribution >= 4 is 26.5 Å². The van der Waals surface area contributed by atoms with Crippen LogP contribution in [-0.2, 0) is 10.0 Å². The van der Waals surface area contributed by atoms with Gasteiger partial charge in [-0.3, -0.25) is 4.72 Å². The first kappa shape index (κ1) is 20.3. The van der Waals surface area contributed by atoms with Crippen LogP contribution < -0.4 is 9.46 Å². The highest BCUT2D eigenvalue weighted by Gasteiger charge is 2.17. The monoisotopic (exact) mass is 417 g/mol. The second-order valence-corrected chi connectivity index (χ2v) is 9.14.